The standard InChI is InChI=1S/C5H16Si4/c6-8-1-2-9(7,5-8)4-3-8/h1-5H2,6-7H3. The molecule has 0 aromatic rings. The minimum Gasteiger partial charge on any atom is -0.0661 e. The first-order valence-corrected chi connectivity index (χ1v) is 16.4. The van der Waals surface area contributed by atoms with Gasteiger partial charge >= 0.3 is 0 Å². The van der Waals surface area contributed by atoms with Crippen LogP contribution in [0.15, 0.2) is 0 Å². The van der Waals surface area contributed by atoms with E-state index in [0.717, 1.165) is 0 Å². The number of rotatable bonds is 0. The summed E-state index contributed by atoms with van der Waals surface area (Å²) in [5, 5.41) is 0. The molecule has 0 N–H and O–H groups in total. The topological polar surface area (TPSA) is 0 Å². The molecule has 9 heavy (non-hydrogen) atoms. The van der Waals surface area contributed by atoms with Crippen LogP contribution in [0, 0.1) is 0 Å². The molecule has 4 heteroatoms. The van der Waals surface area contributed by atoms with E-state index < -0.39 is 0 Å². The molecular weight excluding hydrogens is 172 g/mol. The highest BCUT2D eigenvalue weighted by Crippen LogP contribution is 2.47. The Labute approximate surface area is 64.9 Å². The maximum atomic E-state index is 1.92. The summed E-state index contributed by atoms with van der Waals surface area (Å²) in [5.41, 5.74) is 1.92. The van der Waals surface area contributed by atoms with Crippen LogP contribution in [0.2, 0.25) is 29.8 Å². The third-order valence-corrected chi connectivity index (χ3v) is 29.5. The molecular formula is C5H16Si4. The van der Waals surface area contributed by atoms with E-state index in [9.17, 15) is 0 Å². The first kappa shape index (κ1) is 6.57. The number of fused-ring (bicyclic) bond motifs is 2. The summed E-state index contributed by atoms with van der Waals surface area (Å²) in [6, 6.07) is 7.20. The maximum Gasteiger partial charge on any atom is 0.0329 e. The molecule has 2 bridgehead atoms. The van der Waals surface area contributed by atoms with E-state index in [2.05, 4.69) is 0 Å². The van der Waals surface area contributed by atoms with Gasteiger partial charge in [-0.3, -0.25) is 0 Å². The summed E-state index contributed by atoms with van der Waals surface area (Å²) >= 11 is 0. The lowest BCUT2D eigenvalue weighted by molar-refractivity contribution is 1.23. The second-order valence-electron chi connectivity index (χ2n) is 4.80. The van der Waals surface area contributed by atoms with Gasteiger partial charge in [0.15, 0.2) is 0 Å². The highest BCUT2D eigenvalue weighted by atomic mass is 29.2. The Bertz CT molecular complexity index is 120. The summed E-state index contributed by atoms with van der Waals surface area (Å²) < 4.78 is 0. The van der Waals surface area contributed by atoms with Gasteiger partial charge in [-0.1, -0.05) is 29.8 Å². The van der Waals surface area contributed by atoms with E-state index in [1.807, 2.05) is 5.67 Å². The fourth-order valence-electron chi connectivity index (χ4n) is 2.84. The molecule has 0 nitrogen and oxygen atoms in total. The van der Waals surface area contributed by atoms with Crippen molar-refractivity contribution in [1.82, 2.24) is 0 Å². The lowest BCUT2D eigenvalue weighted by atomic mass is 10.9. The zero-order chi connectivity index (χ0) is 6.54. The molecule has 0 unspecified atom stereocenters. The largest absolute Gasteiger partial charge is 0.0661 e. The van der Waals surface area contributed by atoms with Crippen molar-refractivity contribution >= 4 is 34.7 Å². The molecule has 0 radical (unpaired) electrons. The summed E-state index contributed by atoms with van der Waals surface area (Å²) in [7, 11) is 2.66. The van der Waals surface area contributed by atoms with Crippen molar-refractivity contribution in [3.63, 3.8) is 0 Å². The van der Waals surface area contributed by atoms with E-state index in [-0.39, 0.29) is 15.2 Å². The van der Waals surface area contributed by atoms with Crippen molar-refractivity contribution in [2.75, 3.05) is 0 Å². The van der Waals surface area contributed by atoms with Crippen LogP contribution in [0.4, 0.5) is 0 Å². The van der Waals surface area contributed by atoms with Crippen LogP contribution in [0.3, 0.4) is 0 Å². The molecule has 0 aromatic carbocycles. The van der Waals surface area contributed by atoms with Gasteiger partial charge in [0.05, 0.1) is 0 Å². The predicted octanol–water partition coefficient (Wildman–Crippen LogP) is -0.825. The Kier molecular flexibility index (Phi) is 1.26. The van der Waals surface area contributed by atoms with Crippen LogP contribution in [-0.2, 0) is 0 Å². The predicted molar refractivity (Wildman–Crippen MR) is 55.4 cm³/mol. The van der Waals surface area contributed by atoms with Gasteiger partial charge in [-0.15, -0.1) is 0 Å². The number of hydrogen-bond donors (Lipinski definition) is 0. The summed E-state index contributed by atoms with van der Waals surface area (Å²) in [6.07, 6.45) is 0. The second-order valence-corrected chi connectivity index (χ2v) is 28.2. The van der Waals surface area contributed by atoms with Gasteiger partial charge < -0.3 is 0 Å². The zero-order valence-electron chi connectivity index (χ0n) is 6.54. The normalized spacial score (nSPS) is 57.3. The molecule has 52 valence electrons. The van der Waals surface area contributed by atoms with Crippen molar-refractivity contribution in [3.05, 3.63) is 0 Å². The average Bonchev–Trinajstić information content (AvgIpc) is 2.19. The third kappa shape index (κ3) is 0.960. The maximum absolute atomic E-state index is 1.92. The SMILES string of the molecule is [SiH3][Si]12CC[Si]([SiH3])(CC1)C2. The first-order chi connectivity index (χ1) is 4.12. The molecule has 0 atom stereocenters. The molecule has 2 aliphatic rings. The van der Waals surface area contributed by atoms with E-state index in [1.165, 1.54) is 0 Å². The molecule has 2 aliphatic heterocycles. The van der Waals surface area contributed by atoms with E-state index >= 15 is 0 Å². The molecule has 2 saturated heterocycles. The smallest absolute Gasteiger partial charge is 0.0329 e. The third-order valence-electron chi connectivity index (χ3n) is 3.52. The summed E-state index contributed by atoms with van der Waals surface area (Å²) in [4.78, 5) is 0. The molecule has 0 amide bonds. The van der Waals surface area contributed by atoms with Gasteiger partial charge in [0.1, 0.15) is 0 Å². The highest BCUT2D eigenvalue weighted by molar-refractivity contribution is 7.36. The summed E-state index contributed by atoms with van der Waals surface area (Å²) in [6.45, 7) is 0. The first-order valence-electron chi connectivity index (χ1n) is 4.12. The van der Waals surface area contributed by atoms with Crippen molar-refractivity contribution in [3.8, 4) is 0 Å². The van der Waals surface area contributed by atoms with Crippen molar-refractivity contribution < 1.29 is 0 Å². The summed E-state index contributed by atoms with van der Waals surface area (Å²) in [5.74, 6) is 0. The van der Waals surface area contributed by atoms with Gasteiger partial charge in [-0.2, -0.15) is 0 Å². The molecule has 0 aliphatic carbocycles. The minimum atomic E-state index is -0.323. The quantitative estimate of drug-likeness (QED) is 0.436. The minimum absolute atomic E-state index is 0.323. The van der Waals surface area contributed by atoms with Crippen molar-refractivity contribution in [2.24, 2.45) is 0 Å². The molecule has 0 spiro atoms. The molecule has 2 heterocycles. The Morgan fingerprint density at radius 3 is 1.22 bits per heavy atom. The average molecular weight is 189 g/mol. The van der Waals surface area contributed by atoms with Gasteiger partial charge in [-0.05, 0) is 19.5 Å². The van der Waals surface area contributed by atoms with Gasteiger partial charge in [0, 0.05) is 15.2 Å². The lowest BCUT2D eigenvalue weighted by Crippen LogP contribution is -2.28. The lowest BCUT2D eigenvalue weighted by Gasteiger charge is -2.19. The van der Waals surface area contributed by atoms with Gasteiger partial charge in [0.25, 0.3) is 0 Å². The molecule has 2 rings (SSSR count). The van der Waals surface area contributed by atoms with Crippen LogP contribution in [0.5, 0.6) is 0 Å². The fraction of sp³-hybridized carbons (Fsp3) is 1.00. The molecule has 2 fully saturated rings. The van der Waals surface area contributed by atoms with Crippen LogP contribution in [0.1, 0.15) is 0 Å². The fourth-order valence-corrected chi connectivity index (χ4v) is 54.8. The Morgan fingerprint density at radius 2 is 1.11 bits per heavy atom. The monoisotopic (exact) mass is 188 g/mol. The Balaban J connectivity index is 2.25. The van der Waals surface area contributed by atoms with Crippen LogP contribution >= 0.6 is 0 Å². The van der Waals surface area contributed by atoms with Crippen molar-refractivity contribution in [1.29, 1.82) is 0 Å². The Morgan fingerprint density at radius 1 is 0.778 bits per heavy atom. The Hall–Kier alpha value is 0.868. The molecule has 0 saturated carbocycles. The second kappa shape index (κ2) is 1.72. The van der Waals surface area contributed by atoms with Crippen LogP contribution < -0.4 is 0 Å². The van der Waals surface area contributed by atoms with Crippen molar-refractivity contribution in [2.45, 2.75) is 29.8 Å². The van der Waals surface area contributed by atoms with Crippen LogP contribution in [0.25, 0.3) is 0 Å². The van der Waals surface area contributed by atoms with E-state index in [4.69, 9.17) is 0 Å². The van der Waals surface area contributed by atoms with E-state index in [0.29, 0.717) is 0 Å². The van der Waals surface area contributed by atoms with Gasteiger partial charge in [-0.25, -0.2) is 0 Å². The van der Waals surface area contributed by atoms with Crippen LogP contribution in [-0.4, -0.2) is 34.7 Å². The highest BCUT2D eigenvalue weighted by Gasteiger charge is 2.50. The van der Waals surface area contributed by atoms with Gasteiger partial charge in [0.2, 0.25) is 0 Å². The molecule has 0 aromatic heterocycles. The van der Waals surface area contributed by atoms with E-state index in [1.54, 1.807) is 43.7 Å². The number of hydrogen-bond acceptors (Lipinski definition) is 0. The zero-order valence-corrected chi connectivity index (χ0v) is 12.5.